The normalized spacial score (nSPS) is 24.5. The molecule has 0 aromatic carbocycles. The number of nitrogens with zero attached hydrogens (tertiary/aromatic N) is 1. The van der Waals surface area contributed by atoms with E-state index in [4.69, 9.17) is 0 Å². The molecule has 0 N–H and O–H groups in total. The molecule has 1 fully saturated rings. The van der Waals surface area contributed by atoms with Crippen LogP contribution in [0.3, 0.4) is 0 Å². The predicted octanol–water partition coefficient (Wildman–Crippen LogP) is 3.15. The third-order valence-electron chi connectivity index (χ3n) is 2.96. The van der Waals surface area contributed by atoms with Gasteiger partial charge in [0.25, 0.3) is 0 Å². The Hall–Kier alpha value is -0.0400. The Bertz CT molecular complexity index is 131. The third kappa shape index (κ3) is 4.12. The van der Waals surface area contributed by atoms with Crippen molar-refractivity contribution in [2.75, 3.05) is 19.6 Å². The fourth-order valence-electron chi connectivity index (χ4n) is 2.32. The molecule has 1 saturated heterocycles. The van der Waals surface area contributed by atoms with Crippen LogP contribution in [0.25, 0.3) is 0 Å². The fourth-order valence-corrected chi connectivity index (χ4v) is 2.32. The molecule has 0 bridgehead atoms. The lowest BCUT2D eigenvalue weighted by Crippen LogP contribution is -2.25. The van der Waals surface area contributed by atoms with E-state index in [1.807, 2.05) is 0 Å². The van der Waals surface area contributed by atoms with Crippen molar-refractivity contribution in [2.45, 2.75) is 46.5 Å². The summed E-state index contributed by atoms with van der Waals surface area (Å²) in [5.41, 5.74) is 0. The minimum Gasteiger partial charge on any atom is -0.303 e. The molecule has 1 rings (SSSR count). The van der Waals surface area contributed by atoms with Gasteiger partial charge < -0.3 is 4.90 Å². The van der Waals surface area contributed by atoms with Crippen LogP contribution < -0.4 is 0 Å². The van der Waals surface area contributed by atoms with Crippen LogP contribution in [-0.4, -0.2) is 24.5 Å². The lowest BCUT2D eigenvalue weighted by molar-refractivity contribution is 0.284. The highest BCUT2D eigenvalue weighted by molar-refractivity contribution is 4.75. The Balaban J connectivity index is 2.12. The molecule has 1 atom stereocenters. The van der Waals surface area contributed by atoms with E-state index in [9.17, 15) is 0 Å². The van der Waals surface area contributed by atoms with Crippen molar-refractivity contribution in [3.63, 3.8) is 0 Å². The summed E-state index contributed by atoms with van der Waals surface area (Å²) >= 11 is 0. The van der Waals surface area contributed by atoms with E-state index in [0.29, 0.717) is 0 Å². The zero-order valence-corrected chi connectivity index (χ0v) is 9.55. The summed E-state index contributed by atoms with van der Waals surface area (Å²) < 4.78 is 0. The van der Waals surface area contributed by atoms with Gasteiger partial charge in [-0.05, 0) is 31.2 Å². The minimum absolute atomic E-state index is 0.838. The van der Waals surface area contributed by atoms with Crippen LogP contribution in [0.15, 0.2) is 0 Å². The topological polar surface area (TPSA) is 3.24 Å². The summed E-state index contributed by atoms with van der Waals surface area (Å²) in [4.78, 5) is 2.64. The Morgan fingerprint density at radius 2 is 2.15 bits per heavy atom. The van der Waals surface area contributed by atoms with Crippen LogP contribution in [0.2, 0.25) is 0 Å². The van der Waals surface area contributed by atoms with E-state index in [0.717, 1.165) is 11.8 Å². The summed E-state index contributed by atoms with van der Waals surface area (Å²) in [5.74, 6) is 1.85. The Morgan fingerprint density at radius 3 is 2.77 bits per heavy atom. The molecule has 13 heavy (non-hydrogen) atoms. The molecule has 0 unspecified atom stereocenters. The van der Waals surface area contributed by atoms with E-state index >= 15 is 0 Å². The molecule has 0 radical (unpaired) electrons. The Labute approximate surface area is 83.5 Å². The lowest BCUT2D eigenvalue weighted by Gasteiger charge is -2.18. The second kappa shape index (κ2) is 5.64. The van der Waals surface area contributed by atoms with Gasteiger partial charge in [-0.25, -0.2) is 0 Å². The van der Waals surface area contributed by atoms with E-state index in [1.54, 1.807) is 0 Å². The van der Waals surface area contributed by atoms with E-state index in [2.05, 4.69) is 25.7 Å². The molecule has 0 aliphatic carbocycles. The average molecular weight is 183 g/mol. The van der Waals surface area contributed by atoms with Gasteiger partial charge in [0.1, 0.15) is 0 Å². The van der Waals surface area contributed by atoms with Crippen LogP contribution in [-0.2, 0) is 0 Å². The second-order valence-electron chi connectivity index (χ2n) is 4.95. The molecular weight excluding hydrogens is 158 g/mol. The predicted molar refractivity (Wildman–Crippen MR) is 58.9 cm³/mol. The second-order valence-corrected chi connectivity index (χ2v) is 4.95. The van der Waals surface area contributed by atoms with E-state index < -0.39 is 0 Å². The van der Waals surface area contributed by atoms with Crippen molar-refractivity contribution >= 4 is 0 Å². The fraction of sp³-hybridized carbons (Fsp3) is 1.00. The molecule has 0 saturated carbocycles. The highest BCUT2D eigenvalue weighted by Crippen LogP contribution is 2.22. The molecule has 1 heterocycles. The highest BCUT2D eigenvalue weighted by Gasteiger charge is 2.21. The number of likely N-dealkylation sites (tertiary alicyclic amines) is 1. The van der Waals surface area contributed by atoms with Gasteiger partial charge in [-0.2, -0.15) is 0 Å². The summed E-state index contributed by atoms with van der Waals surface area (Å²) in [6, 6.07) is 0. The largest absolute Gasteiger partial charge is 0.303 e. The van der Waals surface area contributed by atoms with Crippen molar-refractivity contribution in [1.29, 1.82) is 0 Å². The highest BCUT2D eigenvalue weighted by atomic mass is 15.1. The van der Waals surface area contributed by atoms with Gasteiger partial charge in [-0.1, -0.05) is 33.6 Å². The minimum atomic E-state index is 0.838. The molecule has 0 amide bonds. The first-order valence-corrected chi connectivity index (χ1v) is 5.94. The van der Waals surface area contributed by atoms with Crippen molar-refractivity contribution in [2.24, 2.45) is 11.8 Å². The van der Waals surface area contributed by atoms with Crippen molar-refractivity contribution in [3.8, 4) is 0 Å². The van der Waals surface area contributed by atoms with Crippen molar-refractivity contribution in [3.05, 3.63) is 0 Å². The van der Waals surface area contributed by atoms with Crippen molar-refractivity contribution < 1.29 is 0 Å². The third-order valence-corrected chi connectivity index (χ3v) is 2.96. The smallest absolute Gasteiger partial charge is 0.00102 e. The first-order chi connectivity index (χ1) is 6.22. The van der Waals surface area contributed by atoms with Gasteiger partial charge in [-0.3, -0.25) is 0 Å². The summed E-state index contributed by atoms with van der Waals surface area (Å²) in [5, 5.41) is 0. The SMILES string of the molecule is CCCC[C@@H]1CCN(CC(C)C)C1. The van der Waals surface area contributed by atoms with Gasteiger partial charge in [0, 0.05) is 13.1 Å². The summed E-state index contributed by atoms with van der Waals surface area (Å²) in [6.07, 6.45) is 5.71. The van der Waals surface area contributed by atoms with Crippen LogP contribution >= 0.6 is 0 Å². The van der Waals surface area contributed by atoms with E-state index in [1.165, 1.54) is 45.3 Å². The zero-order valence-electron chi connectivity index (χ0n) is 9.55. The summed E-state index contributed by atoms with van der Waals surface area (Å²) in [7, 11) is 0. The van der Waals surface area contributed by atoms with Gasteiger partial charge in [-0.15, -0.1) is 0 Å². The van der Waals surface area contributed by atoms with Gasteiger partial charge in [0.2, 0.25) is 0 Å². The summed E-state index contributed by atoms with van der Waals surface area (Å²) in [6.45, 7) is 11.0. The molecule has 0 aromatic heterocycles. The maximum Gasteiger partial charge on any atom is 0.00102 e. The number of hydrogen-bond acceptors (Lipinski definition) is 1. The molecule has 1 nitrogen and oxygen atoms in total. The van der Waals surface area contributed by atoms with Crippen LogP contribution in [0.5, 0.6) is 0 Å². The molecule has 0 spiro atoms. The van der Waals surface area contributed by atoms with Gasteiger partial charge in [0.15, 0.2) is 0 Å². The Kier molecular flexibility index (Phi) is 4.79. The Morgan fingerprint density at radius 1 is 1.38 bits per heavy atom. The van der Waals surface area contributed by atoms with Crippen LogP contribution in [0, 0.1) is 11.8 Å². The maximum atomic E-state index is 2.64. The first kappa shape index (κ1) is 11.0. The monoisotopic (exact) mass is 183 g/mol. The zero-order chi connectivity index (χ0) is 9.68. The molecule has 78 valence electrons. The molecule has 1 heteroatoms. The first-order valence-electron chi connectivity index (χ1n) is 5.94. The quantitative estimate of drug-likeness (QED) is 0.633. The number of unbranched alkanes of at least 4 members (excludes halogenated alkanes) is 1. The van der Waals surface area contributed by atoms with E-state index in [-0.39, 0.29) is 0 Å². The van der Waals surface area contributed by atoms with Crippen molar-refractivity contribution in [1.82, 2.24) is 4.90 Å². The van der Waals surface area contributed by atoms with Gasteiger partial charge in [0.05, 0.1) is 0 Å². The van der Waals surface area contributed by atoms with Crippen LogP contribution in [0.4, 0.5) is 0 Å². The molecule has 1 aliphatic heterocycles. The van der Waals surface area contributed by atoms with Crippen LogP contribution in [0.1, 0.15) is 46.5 Å². The number of rotatable bonds is 5. The average Bonchev–Trinajstić information content (AvgIpc) is 2.48. The lowest BCUT2D eigenvalue weighted by atomic mass is 10.0. The molecular formula is C12H25N. The standard InChI is InChI=1S/C12H25N/c1-4-5-6-12-7-8-13(10-12)9-11(2)3/h11-12H,4-10H2,1-3H3/t12-/m1/s1. The number of hydrogen-bond donors (Lipinski definition) is 0. The molecule has 1 aliphatic rings. The molecule has 0 aromatic rings. The maximum absolute atomic E-state index is 2.64. The van der Waals surface area contributed by atoms with Gasteiger partial charge >= 0.3 is 0 Å².